The first-order chi connectivity index (χ1) is 6.94. The highest BCUT2D eigenvalue weighted by Gasteiger charge is 2.46. The van der Waals surface area contributed by atoms with Crippen molar-refractivity contribution in [3.05, 3.63) is 24.3 Å². The van der Waals surface area contributed by atoms with E-state index in [1.165, 1.54) is 24.3 Å². The zero-order valence-corrected chi connectivity index (χ0v) is 8.05. The summed E-state index contributed by atoms with van der Waals surface area (Å²) < 4.78 is 0. The fourth-order valence-corrected chi connectivity index (χ4v) is 0.801. The van der Waals surface area contributed by atoms with Crippen molar-refractivity contribution in [3.63, 3.8) is 0 Å². The molecule has 0 saturated heterocycles. The monoisotopic (exact) mass is 211 g/mol. The summed E-state index contributed by atoms with van der Waals surface area (Å²) in [5.41, 5.74) is 4.36. The van der Waals surface area contributed by atoms with Gasteiger partial charge in [0.05, 0.1) is 0 Å². The molecule has 0 unspecified atom stereocenters. The molecule has 0 heterocycles. The molecule has 5 nitrogen and oxygen atoms in total. The maximum Gasteiger partial charge on any atom is 0.323 e. The van der Waals surface area contributed by atoms with Crippen LogP contribution in [0.1, 0.15) is 12.8 Å². The molecule has 0 spiro atoms. The Hall–Kier alpha value is -1.75. The molecule has 82 valence electrons. The van der Waals surface area contributed by atoms with E-state index in [1.807, 2.05) is 0 Å². The Balaban J connectivity index is 0.000000151. The van der Waals surface area contributed by atoms with Gasteiger partial charge in [-0.2, -0.15) is 0 Å². The van der Waals surface area contributed by atoms with E-state index in [4.69, 9.17) is 21.1 Å². The predicted molar refractivity (Wildman–Crippen MR) is 53.6 cm³/mol. The van der Waals surface area contributed by atoms with E-state index in [1.54, 1.807) is 0 Å². The normalized spacial score (nSPS) is 16.1. The molecule has 1 fully saturated rings. The maximum atomic E-state index is 9.96. The van der Waals surface area contributed by atoms with Crippen LogP contribution in [0.4, 0.5) is 0 Å². The van der Waals surface area contributed by atoms with Crippen LogP contribution in [0.25, 0.3) is 0 Å². The molecule has 0 aliphatic heterocycles. The summed E-state index contributed by atoms with van der Waals surface area (Å²) in [6.45, 7) is 0. The number of rotatable bonds is 1. The van der Waals surface area contributed by atoms with Gasteiger partial charge >= 0.3 is 5.97 Å². The zero-order valence-electron chi connectivity index (χ0n) is 8.05. The summed E-state index contributed by atoms with van der Waals surface area (Å²) in [4.78, 5) is 9.96. The van der Waals surface area contributed by atoms with E-state index < -0.39 is 11.5 Å². The molecule has 0 radical (unpaired) electrons. The third-order valence-corrected chi connectivity index (χ3v) is 2.06. The molecule has 5 N–H and O–H groups in total. The lowest BCUT2D eigenvalue weighted by atomic mass is 10.3. The molecule has 1 aliphatic rings. The van der Waals surface area contributed by atoms with Crippen molar-refractivity contribution in [2.24, 2.45) is 5.73 Å². The van der Waals surface area contributed by atoms with Crippen molar-refractivity contribution in [2.45, 2.75) is 18.4 Å². The second-order valence-corrected chi connectivity index (χ2v) is 3.48. The SMILES string of the molecule is NC1(C(=O)O)CC1.Oc1ccc(O)cc1. The summed E-state index contributed by atoms with van der Waals surface area (Å²) in [5, 5.41) is 25.5. The molecule has 5 heteroatoms. The van der Waals surface area contributed by atoms with E-state index in [0.29, 0.717) is 12.8 Å². The second-order valence-electron chi connectivity index (χ2n) is 3.48. The van der Waals surface area contributed by atoms with Crippen LogP contribution in [0.2, 0.25) is 0 Å². The first-order valence-electron chi connectivity index (χ1n) is 4.44. The van der Waals surface area contributed by atoms with Crippen molar-refractivity contribution < 1.29 is 20.1 Å². The lowest BCUT2D eigenvalue weighted by Gasteiger charge is -1.95. The van der Waals surface area contributed by atoms with Gasteiger partial charge in [-0.15, -0.1) is 0 Å². The molecule has 1 aromatic carbocycles. The van der Waals surface area contributed by atoms with Crippen molar-refractivity contribution in [1.82, 2.24) is 0 Å². The average molecular weight is 211 g/mol. The van der Waals surface area contributed by atoms with E-state index in [-0.39, 0.29) is 11.5 Å². The summed E-state index contributed by atoms with van der Waals surface area (Å²) in [5.74, 6) is -0.530. The Bertz CT molecular complexity index is 322. The third-order valence-electron chi connectivity index (χ3n) is 2.06. The summed E-state index contributed by atoms with van der Waals surface area (Å²) in [7, 11) is 0. The minimum absolute atomic E-state index is 0.169. The van der Waals surface area contributed by atoms with E-state index in [2.05, 4.69) is 0 Å². The quantitative estimate of drug-likeness (QED) is 0.511. The van der Waals surface area contributed by atoms with Gasteiger partial charge in [0.25, 0.3) is 0 Å². The minimum Gasteiger partial charge on any atom is -0.508 e. The van der Waals surface area contributed by atoms with Gasteiger partial charge in [0.1, 0.15) is 17.0 Å². The van der Waals surface area contributed by atoms with Gasteiger partial charge in [-0.05, 0) is 37.1 Å². The summed E-state index contributed by atoms with van der Waals surface area (Å²) >= 11 is 0. The zero-order chi connectivity index (χ0) is 11.5. The number of benzene rings is 1. The van der Waals surface area contributed by atoms with Crippen molar-refractivity contribution in [2.75, 3.05) is 0 Å². The molecule has 1 saturated carbocycles. The molecule has 0 bridgehead atoms. The number of phenols is 2. The fraction of sp³-hybridized carbons (Fsp3) is 0.300. The highest BCUT2D eigenvalue weighted by atomic mass is 16.4. The molecule has 1 aliphatic carbocycles. The van der Waals surface area contributed by atoms with Crippen LogP contribution in [0.3, 0.4) is 0 Å². The highest BCUT2D eigenvalue weighted by molar-refractivity contribution is 5.81. The molecule has 1 aromatic rings. The summed E-state index contributed by atoms with van der Waals surface area (Å²) in [6.07, 6.45) is 1.28. The number of aliphatic carboxylic acids is 1. The van der Waals surface area contributed by atoms with Gasteiger partial charge in [0.2, 0.25) is 0 Å². The van der Waals surface area contributed by atoms with Gasteiger partial charge in [0, 0.05) is 0 Å². The minimum atomic E-state index is -0.868. The Morgan fingerprint density at radius 1 is 1.13 bits per heavy atom. The number of aromatic hydroxyl groups is 2. The molecular weight excluding hydrogens is 198 g/mol. The van der Waals surface area contributed by atoms with Crippen LogP contribution in [0, 0.1) is 0 Å². The number of hydrogen-bond donors (Lipinski definition) is 4. The second kappa shape index (κ2) is 4.18. The van der Waals surface area contributed by atoms with Crippen LogP contribution in [0.15, 0.2) is 24.3 Å². The van der Waals surface area contributed by atoms with Gasteiger partial charge in [-0.1, -0.05) is 0 Å². The Kier molecular flexibility index (Phi) is 3.16. The molecule has 0 amide bonds. The van der Waals surface area contributed by atoms with Crippen LogP contribution in [-0.4, -0.2) is 26.8 Å². The highest BCUT2D eigenvalue weighted by Crippen LogP contribution is 2.31. The van der Waals surface area contributed by atoms with Crippen LogP contribution in [-0.2, 0) is 4.79 Å². The van der Waals surface area contributed by atoms with E-state index in [0.717, 1.165) is 0 Å². The van der Waals surface area contributed by atoms with Crippen molar-refractivity contribution >= 4 is 5.97 Å². The van der Waals surface area contributed by atoms with Gasteiger partial charge in [-0.25, -0.2) is 0 Å². The Labute approximate surface area is 86.8 Å². The lowest BCUT2D eigenvalue weighted by Crippen LogP contribution is -2.31. The average Bonchev–Trinajstić information content (AvgIpc) is 2.92. The first kappa shape index (κ1) is 11.3. The number of carboxylic acids is 1. The van der Waals surface area contributed by atoms with Crippen molar-refractivity contribution in [3.8, 4) is 11.5 Å². The molecule has 2 rings (SSSR count). The van der Waals surface area contributed by atoms with Crippen LogP contribution < -0.4 is 5.73 Å². The maximum absolute atomic E-state index is 9.96. The number of hydrogen-bond acceptors (Lipinski definition) is 4. The van der Waals surface area contributed by atoms with Gasteiger partial charge in [-0.3, -0.25) is 4.79 Å². The first-order valence-corrected chi connectivity index (χ1v) is 4.44. The molecule has 0 atom stereocenters. The molecule has 0 aromatic heterocycles. The Morgan fingerprint density at radius 2 is 1.47 bits per heavy atom. The summed E-state index contributed by atoms with van der Waals surface area (Å²) in [6, 6.07) is 5.70. The van der Waals surface area contributed by atoms with Crippen molar-refractivity contribution in [1.29, 1.82) is 0 Å². The number of phenolic OH excluding ortho intramolecular Hbond substituents is 2. The smallest absolute Gasteiger partial charge is 0.323 e. The topological polar surface area (TPSA) is 104 Å². The number of carboxylic acid groups (broad SMARTS) is 1. The number of carbonyl (C=O) groups is 1. The fourth-order valence-electron chi connectivity index (χ4n) is 0.801. The standard InChI is InChI=1S/C6H6O2.C4H7NO2/c7-5-1-2-6(8)4-3-5;5-4(1-2-4)3(6)7/h1-4,7-8H;1-2,5H2,(H,6,7). The third kappa shape index (κ3) is 3.47. The van der Waals surface area contributed by atoms with Crippen LogP contribution in [0.5, 0.6) is 11.5 Å². The largest absolute Gasteiger partial charge is 0.508 e. The Morgan fingerprint density at radius 3 is 1.60 bits per heavy atom. The van der Waals surface area contributed by atoms with E-state index in [9.17, 15) is 4.79 Å². The molecule has 15 heavy (non-hydrogen) atoms. The van der Waals surface area contributed by atoms with Crippen LogP contribution >= 0.6 is 0 Å². The van der Waals surface area contributed by atoms with Gasteiger partial charge in [0.15, 0.2) is 0 Å². The molecular formula is C10H13NO4. The number of nitrogens with two attached hydrogens (primary N) is 1. The predicted octanol–water partition coefficient (Wildman–Crippen LogP) is 0.660. The lowest BCUT2D eigenvalue weighted by molar-refractivity contribution is -0.139. The van der Waals surface area contributed by atoms with Gasteiger partial charge < -0.3 is 21.1 Å². The van der Waals surface area contributed by atoms with E-state index >= 15 is 0 Å².